The van der Waals surface area contributed by atoms with Gasteiger partial charge in [0.15, 0.2) is 0 Å². The first-order valence-corrected chi connectivity index (χ1v) is 5.99. The maximum absolute atomic E-state index is 4.30. The van der Waals surface area contributed by atoms with E-state index in [0.717, 1.165) is 26.1 Å². The predicted molar refractivity (Wildman–Crippen MR) is 68.5 cm³/mol. The molecule has 1 N–H and O–H groups in total. The molecular weight excluding hydrogens is 198 g/mol. The molecule has 3 heteroatoms. The van der Waals surface area contributed by atoms with Crippen molar-refractivity contribution in [3.63, 3.8) is 0 Å². The molecule has 0 fully saturated rings. The van der Waals surface area contributed by atoms with Crippen molar-refractivity contribution in [2.24, 2.45) is 5.41 Å². The number of nitrogens with zero attached hydrogens (tertiary/aromatic N) is 2. The molecule has 0 spiro atoms. The van der Waals surface area contributed by atoms with E-state index in [1.54, 1.807) is 0 Å². The summed E-state index contributed by atoms with van der Waals surface area (Å²) in [7, 11) is 0. The van der Waals surface area contributed by atoms with Gasteiger partial charge in [-0.3, -0.25) is 4.68 Å². The fourth-order valence-electron chi connectivity index (χ4n) is 1.75. The topological polar surface area (TPSA) is 29.9 Å². The molecule has 0 aliphatic rings. The molecule has 16 heavy (non-hydrogen) atoms. The van der Waals surface area contributed by atoms with Gasteiger partial charge in [-0.15, -0.1) is 6.58 Å². The van der Waals surface area contributed by atoms with Gasteiger partial charge in [0, 0.05) is 24.7 Å². The molecule has 3 nitrogen and oxygen atoms in total. The highest BCUT2D eigenvalue weighted by Gasteiger charge is 2.20. The molecule has 0 bridgehead atoms. The van der Waals surface area contributed by atoms with Crippen molar-refractivity contribution in [2.45, 2.75) is 33.7 Å². The molecule has 0 radical (unpaired) electrons. The Morgan fingerprint density at radius 2 is 2.31 bits per heavy atom. The number of aryl methyl sites for hydroxylation is 1. The summed E-state index contributed by atoms with van der Waals surface area (Å²) in [6, 6.07) is 0. The van der Waals surface area contributed by atoms with Crippen molar-refractivity contribution in [3.8, 4) is 0 Å². The van der Waals surface area contributed by atoms with Gasteiger partial charge in [0.25, 0.3) is 0 Å². The van der Waals surface area contributed by atoms with Crippen LogP contribution in [0.15, 0.2) is 25.0 Å². The zero-order chi connectivity index (χ0) is 12.0. The lowest BCUT2D eigenvalue weighted by Gasteiger charge is -2.25. The minimum absolute atomic E-state index is 0.109. The summed E-state index contributed by atoms with van der Waals surface area (Å²) >= 11 is 0. The second-order valence-electron chi connectivity index (χ2n) is 4.52. The number of nitrogens with one attached hydrogen (secondary N) is 1. The van der Waals surface area contributed by atoms with E-state index in [0.29, 0.717) is 0 Å². The zero-order valence-electron chi connectivity index (χ0n) is 10.7. The maximum Gasteiger partial charge on any atom is 0.0522 e. The van der Waals surface area contributed by atoms with E-state index in [4.69, 9.17) is 0 Å². The van der Waals surface area contributed by atoms with Crippen LogP contribution >= 0.6 is 0 Å². The second kappa shape index (κ2) is 5.85. The van der Waals surface area contributed by atoms with E-state index in [9.17, 15) is 0 Å². The minimum Gasteiger partial charge on any atom is -0.316 e. The Balaban J connectivity index is 2.64. The average Bonchev–Trinajstić information content (AvgIpc) is 2.74. The first-order chi connectivity index (χ1) is 7.63. The van der Waals surface area contributed by atoms with Crippen molar-refractivity contribution < 1.29 is 0 Å². The van der Waals surface area contributed by atoms with E-state index >= 15 is 0 Å². The summed E-state index contributed by atoms with van der Waals surface area (Å²) in [5.74, 6) is 0. The normalized spacial score (nSPS) is 14.7. The quantitative estimate of drug-likeness (QED) is 0.716. The van der Waals surface area contributed by atoms with Crippen LogP contribution in [0.25, 0.3) is 0 Å². The Labute approximate surface area is 98.5 Å². The van der Waals surface area contributed by atoms with Crippen LogP contribution in [-0.4, -0.2) is 22.9 Å². The first kappa shape index (κ1) is 13.0. The van der Waals surface area contributed by atoms with Gasteiger partial charge < -0.3 is 5.32 Å². The van der Waals surface area contributed by atoms with Crippen molar-refractivity contribution in [1.29, 1.82) is 0 Å². The second-order valence-corrected chi connectivity index (χ2v) is 4.52. The number of aromatic nitrogens is 2. The number of hydrogen-bond donors (Lipinski definition) is 1. The van der Waals surface area contributed by atoms with Crippen LogP contribution < -0.4 is 5.32 Å². The minimum atomic E-state index is 0.109. The average molecular weight is 221 g/mol. The van der Waals surface area contributed by atoms with Crippen LogP contribution in [0.4, 0.5) is 0 Å². The molecule has 0 amide bonds. The molecule has 1 rings (SSSR count). The van der Waals surface area contributed by atoms with Gasteiger partial charge in [-0.2, -0.15) is 5.10 Å². The predicted octanol–water partition coefficient (Wildman–Crippen LogP) is 2.25. The van der Waals surface area contributed by atoms with Crippen LogP contribution in [0.2, 0.25) is 0 Å². The van der Waals surface area contributed by atoms with Crippen molar-refractivity contribution in [2.75, 3.05) is 13.1 Å². The molecule has 1 aromatic heterocycles. The summed E-state index contributed by atoms with van der Waals surface area (Å²) in [6.45, 7) is 13.3. The van der Waals surface area contributed by atoms with Crippen LogP contribution in [0, 0.1) is 5.41 Å². The highest BCUT2D eigenvalue weighted by molar-refractivity contribution is 5.11. The van der Waals surface area contributed by atoms with Gasteiger partial charge in [0.05, 0.1) is 6.20 Å². The van der Waals surface area contributed by atoms with Gasteiger partial charge in [-0.25, -0.2) is 0 Å². The molecule has 1 aromatic rings. The van der Waals surface area contributed by atoms with Gasteiger partial charge in [0.2, 0.25) is 0 Å². The smallest absolute Gasteiger partial charge is 0.0522 e. The van der Waals surface area contributed by atoms with Gasteiger partial charge in [-0.1, -0.05) is 19.9 Å². The zero-order valence-corrected chi connectivity index (χ0v) is 10.7. The van der Waals surface area contributed by atoms with Crippen LogP contribution in [0.1, 0.15) is 26.3 Å². The van der Waals surface area contributed by atoms with Gasteiger partial charge in [-0.05, 0) is 25.5 Å². The van der Waals surface area contributed by atoms with Crippen molar-refractivity contribution in [3.05, 3.63) is 30.6 Å². The van der Waals surface area contributed by atoms with Crippen molar-refractivity contribution >= 4 is 0 Å². The molecule has 0 aliphatic carbocycles. The van der Waals surface area contributed by atoms with E-state index in [1.807, 2.05) is 17.0 Å². The molecule has 0 aliphatic heterocycles. The molecule has 90 valence electrons. The standard InChI is InChI=1S/C13H23N3/c1-5-13(4,11-14-6-2)8-12-9-15-16(7-3)10-12/h5,9-10,14H,1,6-8,11H2,2-4H3. The molecule has 0 saturated carbocycles. The molecule has 1 heterocycles. The lowest BCUT2D eigenvalue weighted by atomic mass is 9.84. The third kappa shape index (κ3) is 3.49. The third-order valence-electron chi connectivity index (χ3n) is 2.89. The lowest BCUT2D eigenvalue weighted by Crippen LogP contribution is -2.31. The highest BCUT2D eigenvalue weighted by Crippen LogP contribution is 2.22. The molecule has 0 saturated heterocycles. The fourth-order valence-corrected chi connectivity index (χ4v) is 1.75. The largest absolute Gasteiger partial charge is 0.316 e. The molecule has 1 unspecified atom stereocenters. The third-order valence-corrected chi connectivity index (χ3v) is 2.89. The maximum atomic E-state index is 4.30. The van der Waals surface area contributed by atoms with Crippen LogP contribution in [0.5, 0.6) is 0 Å². The van der Waals surface area contributed by atoms with E-state index in [1.165, 1.54) is 5.56 Å². The SMILES string of the molecule is C=CC(C)(CNCC)Cc1cnn(CC)c1. The molecule has 0 aromatic carbocycles. The van der Waals surface area contributed by atoms with Gasteiger partial charge in [0.1, 0.15) is 0 Å². The molecular formula is C13H23N3. The van der Waals surface area contributed by atoms with Gasteiger partial charge >= 0.3 is 0 Å². The van der Waals surface area contributed by atoms with E-state index in [2.05, 4.69) is 44.0 Å². The number of hydrogen-bond acceptors (Lipinski definition) is 2. The summed E-state index contributed by atoms with van der Waals surface area (Å²) in [6.07, 6.45) is 7.10. The Morgan fingerprint density at radius 3 is 2.81 bits per heavy atom. The van der Waals surface area contributed by atoms with E-state index < -0.39 is 0 Å². The summed E-state index contributed by atoms with van der Waals surface area (Å²) < 4.78 is 1.96. The highest BCUT2D eigenvalue weighted by atomic mass is 15.3. The Bertz CT molecular complexity index is 330. The van der Waals surface area contributed by atoms with Crippen LogP contribution in [0.3, 0.4) is 0 Å². The summed E-state index contributed by atoms with van der Waals surface area (Å²) in [5, 5.41) is 7.68. The monoisotopic (exact) mass is 221 g/mol. The fraction of sp³-hybridized carbons (Fsp3) is 0.615. The molecule has 1 atom stereocenters. The Hall–Kier alpha value is -1.09. The Morgan fingerprint density at radius 1 is 1.56 bits per heavy atom. The lowest BCUT2D eigenvalue weighted by molar-refractivity contribution is 0.395. The van der Waals surface area contributed by atoms with E-state index in [-0.39, 0.29) is 5.41 Å². The van der Waals surface area contributed by atoms with Crippen LogP contribution in [-0.2, 0) is 13.0 Å². The summed E-state index contributed by atoms with van der Waals surface area (Å²) in [4.78, 5) is 0. The first-order valence-electron chi connectivity index (χ1n) is 5.99. The van der Waals surface area contributed by atoms with Crippen molar-refractivity contribution in [1.82, 2.24) is 15.1 Å². The summed E-state index contributed by atoms with van der Waals surface area (Å²) in [5.41, 5.74) is 1.39. The Kier molecular flexibility index (Phi) is 4.74. The number of rotatable bonds is 7.